The fourth-order valence-corrected chi connectivity index (χ4v) is 2.17. The number of aromatic nitrogens is 2. The second-order valence-corrected chi connectivity index (χ2v) is 6.20. The predicted octanol–water partition coefficient (Wildman–Crippen LogP) is 1.55. The van der Waals surface area contributed by atoms with Crippen LogP contribution in [0.2, 0.25) is 0 Å². The van der Waals surface area contributed by atoms with Crippen molar-refractivity contribution in [3.05, 3.63) is 18.1 Å². The maximum Gasteiger partial charge on any atom is 0.406 e. The van der Waals surface area contributed by atoms with Gasteiger partial charge in [0.2, 0.25) is 5.82 Å². The number of hydrazine groups is 1. The van der Waals surface area contributed by atoms with Crippen LogP contribution in [0, 0.1) is 17.2 Å². The van der Waals surface area contributed by atoms with Crippen molar-refractivity contribution in [3.63, 3.8) is 0 Å². The number of methoxy groups -OCH3 is 1. The first-order valence-corrected chi connectivity index (χ1v) is 8.83. The molecule has 0 fully saturated rings. The Kier molecular flexibility index (Phi) is 10.00. The van der Waals surface area contributed by atoms with Crippen molar-refractivity contribution in [1.82, 2.24) is 26.0 Å². The highest BCUT2D eigenvalue weighted by Gasteiger charge is 2.14. The van der Waals surface area contributed by atoms with Gasteiger partial charge in [0.05, 0.1) is 7.11 Å². The summed E-state index contributed by atoms with van der Waals surface area (Å²) in [5.41, 5.74) is 2.75. The van der Waals surface area contributed by atoms with Gasteiger partial charge in [0.25, 0.3) is 0 Å². The largest absolute Gasteiger partial charge is 0.453 e. The molecule has 10 nitrogen and oxygen atoms in total. The van der Waals surface area contributed by atoms with E-state index in [2.05, 4.69) is 30.8 Å². The second-order valence-electron chi connectivity index (χ2n) is 6.20. The van der Waals surface area contributed by atoms with Gasteiger partial charge in [-0.3, -0.25) is 5.01 Å². The van der Waals surface area contributed by atoms with Gasteiger partial charge in [-0.15, -0.1) is 0 Å². The number of ether oxygens (including phenoxy) is 1. The van der Waals surface area contributed by atoms with Crippen LogP contribution in [-0.4, -0.2) is 48.8 Å². The summed E-state index contributed by atoms with van der Waals surface area (Å²) in [5, 5.41) is 15.9. The lowest BCUT2D eigenvalue weighted by Crippen LogP contribution is -2.49. The molecule has 1 aromatic rings. The van der Waals surface area contributed by atoms with Gasteiger partial charge in [-0.05, 0) is 25.2 Å². The third-order valence-corrected chi connectivity index (χ3v) is 3.40. The molecule has 3 amide bonds. The molecule has 0 aliphatic carbocycles. The van der Waals surface area contributed by atoms with Crippen LogP contribution in [-0.2, 0) is 4.74 Å². The molecule has 1 rings (SSSR count). The average Bonchev–Trinajstić information content (AvgIpc) is 2.66. The minimum Gasteiger partial charge on any atom is -0.453 e. The molecule has 0 spiro atoms. The first kappa shape index (κ1) is 22.0. The zero-order valence-electron chi connectivity index (χ0n) is 16.0. The van der Waals surface area contributed by atoms with Crippen molar-refractivity contribution in [2.45, 2.75) is 33.1 Å². The van der Waals surface area contributed by atoms with Crippen LogP contribution < -0.4 is 21.1 Å². The highest BCUT2D eigenvalue weighted by Crippen LogP contribution is 2.10. The van der Waals surface area contributed by atoms with Crippen molar-refractivity contribution in [3.8, 4) is 6.07 Å². The fraction of sp³-hybridized carbons (Fsp3) is 0.588. The van der Waals surface area contributed by atoms with E-state index in [1.807, 2.05) is 19.9 Å². The lowest BCUT2D eigenvalue weighted by atomic mass is 10.2. The molecule has 0 atom stereocenters. The van der Waals surface area contributed by atoms with E-state index >= 15 is 0 Å². The minimum atomic E-state index is -0.443. The van der Waals surface area contributed by atoms with Crippen LogP contribution in [0.25, 0.3) is 0 Å². The van der Waals surface area contributed by atoms with Gasteiger partial charge in [0.15, 0.2) is 5.82 Å². The van der Waals surface area contributed by atoms with Crippen molar-refractivity contribution in [1.29, 1.82) is 5.26 Å². The maximum absolute atomic E-state index is 12.1. The van der Waals surface area contributed by atoms with Crippen LogP contribution in [0.5, 0.6) is 0 Å². The Balaban J connectivity index is 2.39. The van der Waals surface area contributed by atoms with Crippen LogP contribution in [0.4, 0.5) is 15.4 Å². The molecule has 10 heteroatoms. The van der Waals surface area contributed by atoms with Crippen LogP contribution in [0.1, 0.15) is 38.9 Å². The molecule has 0 radical (unpaired) electrons. The van der Waals surface area contributed by atoms with E-state index in [1.165, 1.54) is 13.3 Å². The molecule has 1 heterocycles. The second kappa shape index (κ2) is 12.3. The van der Waals surface area contributed by atoms with Crippen LogP contribution in [0.3, 0.4) is 0 Å². The molecule has 0 aromatic carbocycles. The van der Waals surface area contributed by atoms with E-state index < -0.39 is 6.09 Å². The third kappa shape index (κ3) is 9.25. The summed E-state index contributed by atoms with van der Waals surface area (Å²) < 4.78 is 4.48. The highest BCUT2D eigenvalue weighted by atomic mass is 16.5. The highest BCUT2D eigenvalue weighted by molar-refractivity contribution is 5.75. The molecule has 0 unspecified atom stereocenters. The van der Waals surface area contributed by atoms with E-state index in [-0.39, 0.29) is 17.8 Å². The third-order valence-electron chi connectivity index (χ3n) is 3.40. The van der Waals surface area contributed by atoms with Gasteiger partial charge < -0.3 is 15.4 Å². The normalized spacial score (nSPS) is 10.0. The van der Waals surface area contributed by atoms with Gasteiger partial charge in [-0.2, -0.15) is 10.2 Å². The van der Waals surface area contributed by atoms with Gasteiger partial charge in [-0.25, -0.2) is 20.0 Å². The summed E-state index contributed by atoms with van der Waals surface area (Å²) in [5.74, 6) is 0.774. The van der Waals surface area contributed by atoms with Gasteiger partial charge in [-0.1, -0.05) is 13.8 Å². The number of hydrogen-bond acceptors (Lipinski definition) is 7. The number of unbranched alkanes of at least 4 members (excludes halogenated alkanes) is 2. The molecule has 0 saturated carbocycles. The summed E-state index contributed by atoms with van der Waals surface area (Å²) in [7, 11) is 1.32. The number of urea groups is 1. The van der Waals surface area contributed by atoms with E-state index in [0.717, 1.165) is 19.3 Å². The molecule has 0 aliphatic rings. The molecule has 3 N–H and O–H groups in total. The number of carbonyl (C=O) groups is 2. The first-order chi connectivity index (χ1) is 13.0. The Morgan fingerprint density at radius 1 is 1.26 bits per heavy atom. The number of alkyl carbamates (subject to hydrolysis) is 1. The number of nitrogens with zero attached hydrogens (tertiary/aromatic N) is 4. The molecule has 1 aromatic heterocycles. The predicted molar refractivity (Wildman–Crippen MR) is 99.7 cm³/mol. The molecule has 27 heavy (non-hydrogen) atoms. The number of amides is 3. The van der Waals surface area contributed by atoms with E-state index in [4.69, 9.17) is 5.26 Å². The molecular weight excluding hydrogens is 350 g/mol. The Morgan fingerprint density at radius 3 is 2.59 bits per heavy atom. The maximum atomic E-state index is 12.1. The summed E-state index contributed by atoms with van der Waals surface area (Å²) >= 11 is 0. The van der Waals surface area contributed by atoms with E-state index in [9.17, 15) is 9.59 Å². The van der Waals surface area contributed by atoms with Crippen LogP contribution in [0.15, 0.2) is 12.3 Å². The van der Waals surface area contributed by atoms with Gasteiger partial charge >= 0.3 is 12.1 Å². The summed E-state index contributed by atoms with van der Waals surface area (Å²) in [6, 6.07) is 3.18. The number of nitriles is 1. The molecule has 0 aliphatic heterocycles. The summed E-state index contributed by atoms with van der Waals surface area (Å²) in [6.45, 7) is 5.61. The number of hydrogen-bond donors (Lipinski definition) is 3. The number of carbonyl (C=O) groups excluding carboxylic acids is 2. The molecule has 148 valence electrons. The fourth-order valence-electron chi connectivity index (χ4n) is 2.17. The lowest BCUT2D eigenvalue weighted by molar-refractivity contribution is 0.171. The first-order valence-electron chi connectivity index (χ1n) is 8.83. The monoisotopic (exact) mass is 377 g/mol. The average molecular weight is 377 g/mol. The van der Waals surface area contributed by atoms with Crippen LogP contribution >= 0.6 is 0 Å². The van der Waals surface area contributed by atoms with Crippen molar-refractivity contribution >= 4 is 17.9 Å². The standard InChI is InChI=1S/C17H27N7O3/c1-13(2)12-24(15-7-10-19-14(11-18)22-15)23-16(25)20-8-5-4-6-9-21-17(26)27-3/h7,10,13H,4-6,8-9,12H2,1-3H3,(H,21,26)(H2,20,23,25). The topological polar surface area (TPSA) is 132 Å². The smallest absolute Gasteiger partial charge is 0.406 e. The Hall–Kier alpha value is -3.09. The zero-order chi connectivity index (χ0) is 20.1. The molecule has 0 bridgehead atoms. The number of anilines is 1. The van der Waals surface area contributed by atoms with Gasteiger partial charge in [0.1, 0.15) is 6.07 Å². The van der Waals surface area contributed by atoms with Crippen molar-refractivity contribution in [2.75, 3.05) is 31.8 Å². The SMILES string of the molecule is COC(=O)NCCCCCNC(=O)NN(CC(C)C)c1ccnc(C#N)n1. The van der Waals surface area contributed by atoms with Crippen molar-refractivity contribution < 1.29 is 14.3 Å². The van der Waals surface area contributed by atoms with Crippen molar-refractivity contribution in [2.24, 2.45) is 5.92 Å². The Bertz CT molecular complexity index is 646. The minimum absolute atomic E-state index is 0.0454. The number of rotatable bonds is 10. The molecular formula is C17H27N7O3. The molecule has 0 saturated heterocycles. The quantitative estimate of drug-likeness (QED) is 0.416. The van der Waals surface area contributed by atoms with E-state index in [1.54, 1.807) is 11.1 Å². The van der Waals surface area contributed by atoms with E-state index in [0.29, 0.717) is 25.5 Å². The Labute approximate surface area is 159 Å². The number of nitrogens with one attached hydrogen (secondary N) is 3. The Morgan fingerprint density at radius 2 is 1.96 bits per heavy atom. The lowest BCUT2D eigenvalue weighted by Gasteiger charge is -2.26. The summed E-state index contributed by atoms with van der Waals surface area (Å²) in [4.78, 5) is 31.0. The van der Waals surface area contributed by atoms with Gasteiger partial charge in [0, 0.05) is 31.9 Å². The summed E-state index contributed by atoms with van der Waals surface area (Å²) in [6.07, 6.45) is 3.48. The zero-order valence-corrected chi connectivity index (χ0v) is 16.0.